The number of nitrogens with one attached hydrogen (secondary N) is 1. The molecule has 40 heavy (non-hydrogen) atoms. The number of ether oxygens (including phenoxy) is 1. The first-order valence-electron chi connectivity index (χ1n) is 13.3. The Kier molecular flexibility index (Phi) is 6.93. The molecule has 1 aliphatic heterocycles. The maximum absolute atomic E-state index is 12.1. The predicted molar refractivity (Wildman–Crippen MR) is 153 cm³/mol. The van der Waals surface area contributed by atoms with Crippen LogP contribution in [-0.2, 0) is 11.3 Å². The van der Waals surface area contributed by atoms with E-state index in [9.17, 15) is 9.59 Å². The highest BCUT2D eigenvalue weighted by atomic mass is 16.5. The summed E-state index contributed by atoms with van der Waals surface area (Å²) in [5, 5.41) is 3.39. The monoisotopic (exact) mass is 532 g/mol. The molecule has 0 spiro atoms. The molecule has 9 heteroatoms. The summed E-state index contributed by atoms with van der Waals surface area (Å²) in [6.45, 7) is 3.47. The molecule has 6 rings (SSSR count). The Morgan fingerprint density at radius 1 is 0.950 bits per heavy atom. The van der Waals surface area contributed by atoms with Crippen molar-refractivity contribution >= 4 is 34.4 Å². The summed E-state index contributed by atoms with van der Waals surface area (Å²) >= 11 is 0. The van der Waals surface area contributed by atoms with Crippen LogP contribution in [0.25, 0.3) is 22.6 Å². The van der Waals surface area contributed by atoms with Crippen molar-refractivity contribution in [3.05, 3.63) is 90.8 Å². The van der Waals surface area contributed by atoms with Crippen LogP contribution in [0.15, 0.2) is 85.2 Å². The zero-order valence-electron chi connectivity index (χ0n) is 22.1. The summed E-state index contributed by atoms with van der Waals surface area (Å²) in [4.78, 5) is 40.3. The van der Waals surface area contributed by atoms with Crippen LogP contribution in [0.1, 0.15) is 30.1 Å². The number of fused-ring (bicyclic) bond motifs is 1. The molecule has 9 nitrogen and oxygen atoms in total. The highest BCUT2D eigenvalue weighted by molar-refractivity contribution is 5.95. The second-order valence-corrected chi connectivity index (χ2v) is 9.69. The van der Waals surface area contributed by atoms with Crippen molar-refractivity contribution in [1.29, 1.82) is 0 Å². The van der Waals surface area contributed by atoms with Crippen molar-refractivity contribution in [3.8, 4) is 22.9 Å². The fourth-order valence-electron chi connectivity index (χ4n) is 4.74. The molecule has 3 aromatic carbocycles. The van der Waals surface area contributed by atoms with Crippen molar-refractivity contribution < 1.29 is 14.3 Å². The second-order valence-electron chi connectivity index (χ2n) is 9.69. The Labute approximate surface area is 231 Å². The van der Waals surface area contributed by atoms with Crippen LogP contribution in [0.2, 0.25) is 0 Å². The van der Waals surface area contributed by atoms with Crippen molar-refractivity contribution in [2.45, 2.75) is 26.3 Å². The van der Waals surface area contributed by atoms with Gasteiger partial charge in [-0.05, 0) is 55.8 Å². The third kappa shape index (κ3) is 5.40. The Bertz CT molecular complexity index is 1680. The molecule has 0 radical (unpaired) electrons. The molecule has 0 saturated carbocycles. The molecule has 0 aliphatic carbocycles. The number of aromatic nitrogens is 4. The number of carbonyl (C=O) groups is 2. The number of imidazole rings is 1. The third-order valence-corrected chi connectivity index (χ3v) is 6.87. The van der Waals surface area contributed by atoms with Gasteiger partial charge in [-0.1, -0.05) is 36.4 Å². The second kappa shape index (κ2) is 11.0. The van der Waals surface area contributed by atoms with E-state index in [0.29, 0.717) is 53.6 Å². The van der Waals surface area contributed by atoms with Gasteiger partial charge < -0.3 is 19.5 Å². The van der Waals surface area contributed by atoms with Gasteiger partial charge in [-0.25, -0.2) is 15.0 Å². The largest absolute Gasteiger partial charge is 0.457 e. The van der Waals surface area contributed by atoms with Crippen LogP contribution in [0, 0.1) is 0 Å². The first kappa shape index (κ1) is 25.2. The van der Waals surface area contributed by atoms with Gasteiger partial charge in [-0.2, -0.15) is 0 Å². The van der Waals surface area contributed by atoms with Crippen LogP contribution in [0.3, 0.4) is 0 Å². The molecule has 1 aliphatic rings. The average molecular weight is 533 g/mol. The molecule has 0 bridgehead atoms. The van der Waals surface area contributed by atoms with Crippen molar-refractivity contribution in [3.63, 3.8) is 0 Å². The number of ketones is 1. The first-order valence-corrected chi connectivity index (χ1v) is 13.3. The molecule has 1 amide bonds. The van der Waals surface area contributed by atoms with Crippen molar-refractivity contribution in [1.82, 2.24) is 24.4 Å². The number of rotatable bonds is 9. The highest BCUT2D eigenvalue weighted by Gasteiger charge is 2.21. The van der Waals surface area contributed by atoms with E-state index in [1.165, 1.54) is 6.92 Å². The van der Waals surface area contributed by atoms with Gasteiger partial charge in [0.2, 0.25) is 5.91 Å². The maximum atomic E-state index is 12.1. The molecule has 1 fully saturated rings. The van der Waals surface area contributed by atoms with E-state index in [1.807, 2.05) is 76.2 Å². The average Bonchev–Trinajstić information content (AvgIpc) is 3.59. The minimum atomic E-state index is -0.0283. The maximum Gasteiger partial charge on any atom is 0.222 e. The quantitative estimate of drug-likeness (QED) is 0.237. The van der Waals surface area contributed by atoms with E-state index in [-0.39, 0.29) is 11.7 Å². The lowest BCUT2D eigenvalue weighted by molar-refractivity contribution is -0.127. The molecule has 0 atom stereocenters. The van der Waals surface area contributed by atoms with Gasteiger partial charge in [-0.3, -0.25) is 9.59 Å². The Morgan fingerprint density at radius 3 is 2.50 bits per heavy atom. The van der Waals surface area contributed by atoms with Crippen LogP contribution in [0.5, 0.6) is 11.5 Å². The van der Waals surface area contributed by atoms with E-state index < -0.39 is 0 Å². The summed E-state index contributed by atoms with van der Waals surface area (Å²) in [5.74, 6) is 2.65. The van der Waals surface area contributed by atoms with E-state index in [2.05, 4.69) is 10.3 Å². The zero-order chi connectivity index (χ0) is 27.5. The summed E-state index contributed by atoms with van der Waals surface area (Å²) in [7, 11) is 0. The summed E-state index contributed by atoms with van der Waals surface area (Å²) in [5.41, 5.74) is 3.39. The lowest BCUT2D eigenvalue weighted by Gasteiger charge is -2.16. The Balaban J connectivity index is 1.33. The molecule has 1 N–H and O–H groups in total. The number of hydrogen-bond donors (Lipinski definition) is 1. The number of benzene rings is 3. The Hall–Kier alpha value is -5.05. The molecule has 5 aromatic rings. The minimum absolute atomic E-state index is 0.0283. The fraction of sp³-hybridized carbons (Fsp3) is 0.194. The van der Waals surface area contributed by atoms with Crippen LogP contribution < -0.4 is 10.1 Å². The van der Waals surface area contributed by atoms with Crippen LogP contribution in [0.4, 0.5) is 11.5 Å². The molecule has 2 aromatic heterocycles. The molecule has 0 unspecified atom stereocenters. The number of likely N-dealkylation sites (tertiary alicyclic amines) is 1. The molecule has 200 valence electrons. The van der Waals surface area contributed by atoms with E-state index in [1.54, 1.807) is 18.5 Å². The van der Waals surface area contributed by atoms with Gasteiger partial charge >= 0.3 is 0 Å². The molecule has 3 heterocycles. The van der Waals surface area contributed by atoms with E-state index >= 15 is 0 Å². The van der Waals surface area contributed by atoms with Gasteiger partial charge in [0.1, 0.15) is 11.5 Å². The van der Waals surface area contributed by atoms with Gasteiger partial charge in [0.25, 0.3) is 0 Å². The van der Waals surface area contributed by atoms with Gasteiger partial charge in [0.05, 0.1) is 6.33 Å². The molecular weight excluding hydrogens is 504 g/mol. The predicted octanol–water partition coefficient (Wildman–Crippen LogP) is 5.85. The summed E-state index contributed by atoms with van der Waals surface area (Å²) in [6, 6.07) is 24.5. The van der Waals surface area contributed by atoms with E-state index in [0.717, 1.165) is 30.0 Å². The Morgan fingerprint density at radius 2 is 1.75 bits per heavy atom. The van der Waals surface area contributed by atoms with Gasteiger partial charge in [0, 0.05) is 42.9 Å². The zero-order valence-corrected chi connectivity index (χ0v) is 22.1. The molecule has 1 saturated heterocycles. The number of amides is 1. The standard InChI is InChI=1S/C31H28N6O3/c1-21(38)22-7-5-8-23(19-22)29-34-30(33-24-12-14-26(15-13-24)40-25-9-3-2-4-10-25)28-31(35-29)37(20-32-28)18-17-36-16-6-11-27(36)39/h2-5,7-10,12-15,19-20H,6,11,16-18H2,1H3,(H,33,34,35). The summed E-state index contributed by atoms with van der Waals surface area (Å²) < 4.78 is 7.86. The van der Waals surface area contributed by atoms with Crippen LogP contribution in [-0.4, -0.2) is 49.2 Å². The van der Waals surface area contributed by atoms with Crippen molar-refractivity contribution in [2.75, 3.05) is 18.4 Å². The normalized spacial score (nSPS) is 13.1. The molecular formula is C31H28N6O3. The minimum Gasteiger partial charge on any atom is -0.457 e. The lowest BCUT2D eigenvalue weighted by Crippen LogP contribution is -2.28. The number of hydrogen-bond acceptors (Lipinski definition) is 7. The summed E-state index contributed by atoms with van der Waals surface area (Å²) in [6.07, 6.45) is 3.23. The lowest BCUT2D eigenvalue weighted by atomic mass is 10.1. The first-order chi connectivity index (χ1) is 19.5. The van der Waals surface area contributed by atoms with Gasteiger partial charge in [-0.15, -0.1) is 0 Å². The third-order valence-electron chi connectivity index (χ3n) is 6.87. The van der Waals surface area contributed by atoms with Gasteiger partial charge in [0.15, 0.2) is 28.6 Å². The fourth-order valence-corrected chi connectivity index (χ4v) is 4.74. The van der Waals surface area contributed by atoms with Crippen molar-refractivity contribution in [2.24, 2.45) is 0 Å². The van der Waals surface area contributed by atoms with E-state index in [4.69, 9.17) is 14.7 Å². The number of carbonyl (C=O) groups excluding carboxylic acids is 2. The topological polar surface area (TPSA) is 102 Å². The van der Waals surface area contributed by atoms with Crippen LogP contribution >= 0.6 is 0 Å². The SMILES string of the molecule is CC(=O)c1cccc(-c2nc(Nc3ccc(Oc4ccccc4)cc3)c3ncn(CCN4CCCC4=O)c3n2)c1. The number of anilines is 2. The number of para-hydroxylation sites is 1. The highest BCUT2D eigenvalue weighted by Crippen LogP contribution is 2.29. The number of Topliss-reactive ketones (excluding diaryl/α,β-unsaturated/α-hetero) is 1. The number of nitrogens with zero attached hydrogens (tertiary/aromatic N) is 5. The smallest absolute Gasteiger partial charge is 0.222 e.